The fourth-order valence-corrected chi connectivity index (χ4v) is 5.17. The largest absolute Gasteiger partial charge is 0.494 e. The molecule has 0 aliphatic carbocycles. The zero-order chi connectivity index (χ0) is 26.8. The van der Waals surface area contributed by atoms with Gasteiger partial charge in [-0.05, 0) is 65.9 Å². The van der Waals surface area contributed by atoms with Crippen molar-refractivity contribution < 1.29 is 23.8 Å². The second-order valence-electron chi connectivity index (χ2n) is 9.57. The number of methoxy groups -OCH3 is 1. The molecule has 0 saturated carbocycles. The number of rotatable bonds is 3. The van der Waals surface area contributed by atoms with Crippen molar-refractivity contribution in [2.75, 3.05) is 33.4 Å². The summed E-state index contributed by atoms with van der Waals surface area (Å²) >= 11 is 0. The van der Waals surface area contributed by atoms with E-state index in [1.165, 1.54) is 4.80 Å². The van der Waals surface area contributed by atoms with Gasteiger partial charge in [-0.15, -0.1) is 0 Å². The van der Waals surface area contributed by atoms with E-state index in [0.29, 0.717) is 49.8 Å². The lowest BCUT2D eigenvalue weighted by Gasteiger charge is -2.38. The first-order chi connectivity index (χ1) is 19.1. The predicted molar refractivity (Wildman–Crippen MR) is 143 cm³/mol. The maximum atomic E-state index is 13.8. The summed E-state index contributed by atoms with van der Waals surface area (Å²) in [5.74, 6) is 1.40. The molecule has 6 bridgehead atoms. The van der Waals surface area contributed by atoms with E-state index in [-0.39, 0.29) is 31.0 Å². The number of amides is 2. The van der Waals surface area contributed by atoms with E-state index in [1.807, 2.05) is 65.6 Å². The Balaban J connectivity index is 1.40. The molecular formula is C29H29N5O5. The molecule has 3 aromatic carbocycles. The van der Waals surface area contributed by atoms with Gasteiger partial charge in [-0.1, -0.05) is 24.3 Å². The molecule has 4 heterocycles. The highest BCUT2D eigenvalue weighted by molar-refractivity contribution is 5.79. The van der Waals surface area contributed by atoms with Gasteiger partial charge in [-0.3, -0.25) is 9.59 Å². The van der Waals surface area contributed by atoms with Gasteiger partial charge in [0.2, 0.25) is 5.91 Å². The van der Waals surface area contributed by atoms with Crippen LogP contribution in [0.25, 0.3) is 11.0 Å². The molecule has 1 N–H and O–H groups in total. The zero-order valence-corrected chi connectivity index (χ0v) is 21.6. The number of benzene rings is 3. The lowest BCUT2D eigenvalue weighted by Crippen LogP contribution is -2.42. The van der Waals surface area contributed by atoms with Gasteiger partial charge in [-0.25, -0.2) is 0 Å². The van der Waals surface area contributed by atoms with Crippen molar-refractivity contribution in [1.82, 2.24) is 25.2 Å². The minimum Gasteiger partial charge on any atom is -0.494 e. The van der Waals surface area contributed by atoms with E-state index in [2.05, 4.69) is 15.5 Å². The van der Waals surface area contributed by atoms with Crippen LogP contribution in [-0.4, -0.2) is 65.1 Å². The second kappa shape index (κ2) is 10.6. The van der Waals surface area contributed by atoms with Crippen molar-refractivity contribution >= 4 is 22.8 Å². The molecule has 0 fully saturated rings. The Morgan fingerprint density at radius 1 is 1.08 bits per heavy atom. The molecule has 3 aliphatic rings. The molecule has 0 saturated heterocycles. The van der Waals surface area contributed by atoms with E-state index in [0.717, 1.165) is 27.7 Å². The van der Waals surface area contributed by atoms with E-state index >= 15 is 0 Å². The molecule has 0 radical (unpaired) electrons. The Kier molecular flexibility index (Phi) is 6.75. The van der Waals surface area contributed by atoms with Crippen LogP contribution in [0.3, 0.4) is 0 Å². The molecular weight excluding hydrogens is 498 g/mol. The molecule has 1 unspecified atom stereocenters. The third kappa shape index (κ3) is 5.09. The van der Waals surface area contributed by atoms with Gasteiger partial charge >= 0.3 is 0 Å². The van der Waals surface area contributed by atoms with Crippen LogP contribution in [0.15, 0.2) is 60.7 Å². The van der Waals surface area contributed by atoms with Gasteiger partial charge in [-0.2, -0.15) is 15.0 Å². The number of fused-ring (bicyclic) bond motifs is 9. The summed E-state index contributed by atoms with van der Waals surface area (Å²) in [7, 11) is 1.57. The Bertz CT molecular complexity index is 1500. The lowest BCUT2D eigenvalue weighted by atomic mass is 9.87. The van der Waals surface area contributed by atoms with Crippen LogP contribution in [0, 0.1) is 0 Å². The number of nitrogens with zero attached hydrogens (tertiary/aromatic N) is 4. The quantitative estimate of drug-likeness (QED) is 0.437. The summed E-state index contributed by atoms with van der Waals surface area (Å²) in [6.07, 6.45) is 1.27. The molecule has 7 rings (SSSR count). The highest BCUT2D eigenvalue weighted by atomic mass is 16.5. The maximum Gasteiger partial charge on any atom is 0.257 e. The average molecular weight is 528 g/mol. The minimum absolute atomic E-state index is 0.0180. The van der Waals surface area contributed by atoms with Gasteiger partial charge in [0, 0.05) is 13.1 Å². The molecule has 3 aliphatic heterocycles. The molecule has 1 atom stereocenters. The SMILES string of the molecule is COc1cc2c3cc1OCC(=O)NCCCOc1cccc(c1)C2N(C(=O)Cn1nc2ccccc2n1)CC3. The summed E-state index contributed by atoms with van der Waals surface area (Å²) in [6.45, 7) is 1.32. The Hall–Kier alpha value is -4.60. The highest BCUT2D eigenvalue weighted by Crippen LogP contribution is 2.42. The van der Waals surface area contributed by atoms with Crippen molar-refractivity contribution in [3.63, 3.8) is 0 Å². The first-order valence-electron chi connectivity index (χ1n) is 13.0. The Morgan fingerprint density at radius 2 is 1.90 bits per heavy atom. The van der Waals surface area contributed by atoms with Gasteiger partial charge in [0.1, 0.15) is 23.3 Å². The van der Waals surface area contributed by atoms with E-state index in [4.69, 9.17) is 14.2 Å². The van der Waals surface area contributed by atoms with Gasteiger partial charge in [0.05, 0.1) is 19.8 Å². The van der Waals surface area contributed by atoms with Crippen LogP contribution >= 0.6 is 0 Å². The minimum atomic E-state index is -0.381. The highest BCUT2D eigenvalue weighted by Gasteiger charge is 2.34. The standard InChI is InChI=1S/C29H29N5O5/c1-37-25-16-22-19-10-12-33(28(36)17-34-31-23-8-2-3-9-24(23)32-34)29(22)20-6-4-7-21(14-20)38-13-5-11-30-27(35)18-39-26(25)15-19/h2-4,6-9,14-16,29H,5,10-13,17-18H2,1H3,(H,30,35). The van der Waals surface area contributed by atoms with Gasteiger partial charge in [0.15, 0.2) is 18.1 Å². The third-order valence-corrected chi connectivity index (χ3v) is 7.02. The lowest BCUT2D eigenvalue weighted by molar-refractivity contribution is -0.134. The third-order valence-electron chi connectivity index (χ3n) is 7.02. The van der Waals surface area contributed by atoms with E-state index in [1.54, 1.807) is 7.11 Å². The van der Waals surface area contributed by atoms with Gasteiger partial charge in [0.25, 0.3) is 5.91 Å². The first kappa shape index (κ1) is 24.7. The smallest absolute Gasteiger partial charge is 0.257 e. The summed E-state index contributed by atoms with van der Waals surface area (Å²) < 4.78 is 17.5. The molecule has 2 amide bonds. The van der Waals surface area contributed by atoms with Crippen molar-refractivity contribution in [3.8, 4) is 17.2 Å². The normalized spacial score (nSPS) is 17.3. The van der Waals surface area contributed by atoms with Crippen molar-refractivity contribution in [3.05, 3.63) is 77.4 Å². The number of nitrogens with one attached hydrogen (secondary N) is 1. The summed E-state index contributed by atoms with van der Waals surface area (Å²) in [5, 5.41) is 11.8. The number of carbonyl (C=O) groups is 2. The van der Waals surface area contributed by atoms with Crippen molar-refractivity contribution in [2.24, 2.45) is 0 Å². The molecule has 1 aromatic heterocycles. The van der Waals surface area contributed by atoms with E-state index < -0.39 is 0 Å². The molecule has 39 heavy (non-hydrogen) atoms. The molecule has 0 spiro atoms. The van der Waals surface area contributed by atoms with Crippen LogP contribution < -0.4 is 19.5 Å². The number of aromatic nitrogens is 3. The molecule has 4 aromatic rings. The fourth-order valence-electron chi connectivity index (χ4n) is 5.17. The van der Waals surface area contributed by atoms with Gasteiger partial charge < -0.3 is 24.4 Å². The number of carbonyl (C=O) groups excluding carboxylic acids is 2. The maximum absolute atomic E-state index is 13.8. The topological polar surface area (TPSA) is 108 Å². The molecule has 10 heteroatoms. The molecule has 10 nitrogen and oxygen atoms in total. The predicted octanol–water partition coefficient (Wildman–Crippen LogP) is 2.89. The molecule has 200 valence electrons. The number of hydrogen-bond donors (Lipinski definition) is 1. The average Bonchev–Trinajstić information content (AvgIpc) is 3.36. The first-order valence-corrected chi connectivity index (χ1v) is 13.0. The van der Waals surface area contributed by atoms with E-state index in [9.17, 15) is 9.59 Å². The Morgan fingerprint density at radius 3 is 2.69 bits per heavy atom. The fraction of sp³-hybridized carbons (Fsp3) is 0.310. The van der Waals surface area contributed by atoms with Crippen molar-refractivity contribution in [1.29, 1.82) is 0 Å². The van der Waals surface area contributed by atoms with Crippen LogP contribution in [0.5, 0.6) is 17.2 Å². The van der Waals surface area contributed by atoms with Crippen LogP contribution in [0.2, 0.25) is 0 Å². The van der Waals surface area contributed by atoms with Crippen LogP contribution in [0.1, 0.15) is 29.2 Å². The summed E-state index contributed by atoms with van der Waals surface area (Å²) in [6, 6.07) is 18.8. The summed E-state index contributed by atoms with van der Waals surface area (Å²) in [5.41, 5.74) is 4.38. The zero-order valence-electron chi connectivity index (χ0n) is 21.6. The monoisotopic (exact) mass is 527 g/mol. The number of hydrogen-bond acceptors (Lipinski definition) is 7. The number of ether oxygens (including phenoxy) is 3. The second-order valence-corrected chi connectivity index (χ2v) is 9.57. The van der Waals surface area contributed by atoms with Crippen LogP contribution in [0.4, 0.5) is 0 Å². The van der Waals surface area contributed by atoms with Crippen LogP contribution in [-0.2, 0) is 22.6 Å². The Labute approximate surface area is 225 Å². The summed E-state index contributed by atoms with van der Waals surface area (Å²) in [4.78, 5) is 29.4. The van der Waals surface area contributed by atoms with Crippen molar-refractivity contribution in [2.45, 2.75) is 25.4 Å².